The lowest BCUT2D eigenvalue weighted by Crippen LogP contribution is -2.13. The first kappa shape index (κ1) is 18.7. The monoisotopic (exact) mass is 392 g/mol. The number of amides is 1. The average Bonchev–Trinajstić information content (AvgIpc) is 3.06. The van der Waals surface area contributed by atoms with E-state index in [2.05, 4.69) is 5.10 Å². The number of primary amides is 1. The first-order chi connectivity index (χ1) is 12.7. The van der Waals surface area contributed by atoms with Crippen molar-refractivity contribution in [2.75, 3.05) is 0 Å². The Bertz CT molecular complexity index is 1110. The van der Waals surface area contributed by atoms with Crippen LogP contribution in [-0.4, -0.2) is 24.1 Å². The Balaban J connectivity index is 2.21. The number of alkyl halides is 2. The summed E-state index contributed by atoms with van der Waals surface area (Å²) in [4.78, 5) is 11.6. The normalized spacial score (nSPS) is 11.7. The highest BCUT2D eigenvalue weighted by Gasteiger charge is 2.21. The number of aromatic nitrogens is 2. The average molecular weight is 392 g/mol. The van der Waals surface area contributed by atoms with Gasteiger partial charge in [-0.05, 0) is 36.4 Å². The van der Waals surface area contributed by atoms with E-state index in [-0.39, 0.29) is 16.2 Å². The van der Waals surface area contributed by atoms with E-state index in [0.717, 1.165) is 6.07 Å². The van der Waals surface area contributed by atoms with Crippen LogP contribution in [0.25, 0.3) is 16.9 Å². The highest BCUT2D eigenvalue weighted by Crippen LogP contribution is 2.30. The molecule has 0 bridgehead atoms. The zero-order valence-electron chi connectivity index (χ0n) is 13.7. The first-order valence-electron chi connectivity index (χ1n) is 7.59. The van der Waals surface area contributed by atoms with Gasteiger partial charge in [0.2, 0.25) is 15.9 Å². The molecule has 10 heteroatoms. The number of hydrogen-bond acceptors (Lipinski definition) is 4. The van der Waals surface area contributed by atoms with Crippen LogP contribution in [-0.2, 0) is 10.0 Å². The van der Waals surface area contributed by atoms with Gasteiger partial charge in [-0.1, -0.05) is 18.2 Å². The van der Waals surface area contributed by atoms with E-state index in [1.54, 1.807) is 18.2 Å². The number of benzene rings is 2. The molecule has 3 rings (SSSR count). The second-order valence-corrected chi connectivity index (χ2v) is 7.18. The van der Waals surface area contributed by atoms with Crippen LogP contribution in [0.4, 0.5) is 8.78 Å². The van der Waals surface area contributed by atoms with Crippen molar-refractivity contribution >= 4 is 15.9 Å². The topological polar surface area (TPSA) is 121 Å². The van der Waals surface area contributed by atoms with Gasteiger partial charge in [0.05, 0.1) is 16.3 Å². The molecule has 1 amide bonds. The minimum atomic E-state index is -3.90. The van der Waals surface area contributed by atoms with Crippen molar-refractivity contribution in [1.29, 1.82) is 0 Å². The number of sulfonamides is 1. The molecule has 0 unspecified atom stereocenters. The number of carbonyl (C=O) groups is 1. The molecule has 0 radical (unpaired) electrons. The number of nitrogens with two attached hydrogens (primary N) is 2. The van der Waals surface area contributed by atoms with Gasteiger partial charge in [0.15, 0.2) is 0 Å². The predicted octanol–water partition coefficient (Wildman–Crippen LogP) is 2.22. The summed E-state index contributed by atoms with van der Waals surface area (Å²) in [6, 6.07) is 12.6. The summed E-state index contributed by atoms with van der Waals surface area (Å²) in [5, 5.41) is 8.95. The summed E-state index contributed by atoms with van der Waals surface area (Å²) < 4.78 is 50.4. The van der Waals surface area contributed by atoms with Gasteiger partial charge in [-0.15, -0.1) is 0 Å². The summed E-state index contributed by atoms with van der Waals surface area (Å²) in [6.07, 6.45) is -2.84. The molecule has 3 aromatic rings. The second-order valence-electron chi connectivity index (χ2n) is 5.62. The summed E-state index contributed by atoms with van der Waals surface area (Å²) in [6.45, 7) is 0. The Kier molecular flexibility index (Phi) is 4.77. The Labute approximate surface area is 153 Å². The molecule has 0 aliphatic heterocycles. The van der Waals surface area contributed by atoms with Crippen LogP contribution in [0.5, 0.6) is 0 Å². The maximum absolute atomic E-state index is 13.2. The molecule has 0 aliphatic rings. The minimum absolute atomic E-state index is 0.133. The van der Waals surface area contributed by atoms with Crippen molar-refractivity contribution in [3.05, 3.63) is 65.9 Å². The van der Waals surface area contributed by atoms with Gasteiger partial charge in [0.1, 0.15) is 5.69 Å². The van der Waals surface area contributed by atoms with Crippen molar-refractivity contribution < 1.29 is 22.0 Å². The fourth-order valence-corrected chi connectivity index (χ4v) is 3.11. The SMILES string of the molecule is NC(=O)c1ccccc1-c1cc(C(F)F)nn1-c1ccc(S(N)(=O)=O)cc1. The summed E-state index contributed by atoms with van der Waals surface area (Å²) in [5.74, 6) is -0.721. The van der Waals surface area contributed by atoms with Gasteiger partial charge in [0, 0.05) is 11.1 Å². The Morgan fingerprint density at radius 2 is 1.70 bits per heavy atom. The molecular formula is C17H14F2N4O3S. The van der Waals surface area contributed by atoms with Crippen LogP contribution in [0, 0.1) is 0 Å². The Morgan fingerprint density at radius 1 is 1.07 bits per heavy atom. The van der Waals surface area contributed by atoms with Gasteiger partial charge in [-0.25, -0.2) is 27.0 Å². The molecule has 1 heterocycles. The van der Waals surface area contributed by atoms with Crippen molar-refractivity contribution in [3.63, 3.8) is 0 Å². The van der Waals surface area contributed by atoms with Crippen LogP contribution in [0.1, 0.15) is 22.5 Å². The molecular weight excluding hydrogens is 378 g/mol. The molecule has 27 heavy (non-hydrogen) atoms. The van der Waals surface area contributed by atoms with E-state index in [1.165, 1.54) is 35.0 Å². The van der Waals surface area contributed by atoms with E-state index in [0.29, 0.717) is 11.3 Å². The van der Waals surface area contributed by atoms with Gasteiger partial charge >= 0.3 is 0 Å². The fraction of sp³-hybridized carbons (Fsp3) is 0.0588. The van der Waals surface area contributed by atoms with Crippen LogP contribution >= 0.6 is 0 Å². The fourth-order valence-electron chi connectivity index (χ4n) is 2.59. The summed E-state index contributed by atoms with van der Waals surface area (Å²) in [5.41, 5.74) is 5.86. The molecule has 0 saturated carbocycles. The Hall–Kier alpha value is -3.11. The zero-order valence-corrected chi connectivity index (χ0v) is 14.5. The van der Waals surface area contributed by atoms with Crippen molar-refractivity contribution in [2.24, 2.45) is 10.9 Å². The molecule has 0 aliphatic carbocycles. The quantitative estimate of drug-likeness (QED) is 0.691. The maximum atomic E-state index is 13.2. The number of carbonyl (C=O) groups excluding carboxylic acids is 1. The van der Waals surface area contributed by atoms with Crippen molar-refractivity contribution in [3.8, 4) is 16.9 Å². The lowest BCUT2D eigenvalue weighted by atomic mass is 10.0. The van der Waals surface area contributed by atoms with E-state index < -0.39 is 28.0 Å². The van der Waals surface area contributed by atoms with Crippen LogP contribution in [0.15, 0.2) is 59.5 Å². The molecule has 0 atom stereocenters. The smallest absolute Gasteiger partial charge is 0.282 e. The van der Waals surface area contributed by atoms with E-state index in [9.17, 15) is 22.0 Å². The molecule has 0 fully saturated rings. The number of halogens is 2. The predicted molar refractivity (Wildman–Crippen MR) is 93.8 cm³/mol. The molecule has 4 N–H and O–H groups in total. The molecule has 7 nitrogen and oxygen atoms in total. The van der Waals surface area contributed by atoms with E-state index >= 15 is 0 Å². The number of primary sulfonamides is 1. The summed E-state index contributed by atoms with van der Waals surface area (Å²) in [7, 11) is -3.90. The van der Waals surface area contributed by atoms with Gasteiger partial charge in [-0.3, -0.25) is 4.79 Å². The standard InChI is InChI=1S/C17H14F2N4O3S/c18-16(19)14-9-15(12-3-1-2-4-13(12)17(20)24)23(22-14)10-5-7-11(8-6-10)27(21,25)26/h1-9,16H,(H2,20,24)(H2,21,25,26). The molecule has 0 saturated heterocycles. The van der Waals surface area contributed by atoms with Crippen LogP contribution in [0.3, 0.4) is 0 Å². The number of hydrogen-bond donors (Lipinski definition) is 2. The largest absolute Gasteiger partial charge is 0.366 e. The molecule has 0 spiro atoms. The van der Waals surface area contributed by atoms with E-state index in [1.807, 2.05) is 0 Å². The molecule has 1 aromatic heterocycles. The van der Waals surface area contributed by atoms with Gasteiger partial charge in [-0.2, -0.15) is 5.10 Å². The highest BCUT2D eigenvalue weighted by molar-refractivity contribution is 7.89. The third-order valence-electron chi connectivity index (χ3n) is 3.83. The van der Waals surface area contributed by atoms with E-state index in [4.69, 9.17) is 10.9 Å². The van der Waals surface area contributed by atoms with Crippen LogP contribution < -0.4 is 10.9 Å². The number of nitrogens with zero attached hydrogens (tertiary/aromatic N) is 2. The lowest BCUT2D eigenvalue weighted by molar-refractivity contribution is 0.100. The number of rotatable bonds is 5. The molecule has 140 valence electrons. The molecule has 2 aromatic carbocycles. The highest BCUT2D eigenvalue weighted by atomic mass is 32.2. The maximum Gasteiger partial charge on any atom is 0.282 e. The van der Waals surface area contributed by atoms with Crippen LogP contribution in [0.2, 0.25) is 0 Å². The van der Waals surface area contributed by atoms with Crippen molar-refractivity contribution in [2.45, 2.75) is 11.3 Å². The van der Waals surface area contributed by atoms with Gasteiger partial charge < -0.3 is 5.73 Å². The zero-order chi connectivity index (χ0) is 19.8. The lowest BCUT2D eigenvalue weighted by Gasteiger charge is -2.10. The van der Waals surface area contributed by atoms with Gasteiger partial charge in [0.25, 0.3) is 6.43 Å². The second kappa shape index (κ2) is 6.89. The first-order valence-corrected chi connectivity index (χ1v) is 9.13. The third kappa shape index (κ3) is 3.71. The summed E-state index contributed by atoms with van der Waals surface area (Å²) >= 11 is 0. The minimum Gasteiger partial charge on any atom is -0.366 e. The third-order valence-corrected chi connectivity index (χ3v) is 4.76. The Morgan fingerprint density at radius 3 is 2.26 bits per heavy atom. The van der Waals surface area contributed by atoms with Crippen molar-refractivity contribution in [1.82, 2.24) is 9.78 Å².